The van der Waals surface area contributed by atoms with E-state index in [4.69, 9.17) is 16.3 Å². The molecule has 1 aromatic rings. The van der Waals surface area contributed by atoms with Crippen LogP contribution in [0, 0.1) is 0 Å². The van der Waals surface area contributed by atoms with E-state index in [9.17, 15) is 8.42 Å². The molecule has 0 spiro atoms. The lowest BCUT2D eigenvalue weighted by Crippen LogP contribution is -2.12. The van der Waals surface area contributed by atoms with E-state index in [0.29, 0.717) is 11.6 Å². The SMILES string of the molecule is CS(=O)(=O)CCOc1cccc(CCl)c1. The Balaban J connectivity index is 2.51. The van der Waals surface area contributed by atoms with Crippen LogP contribution < -0.4 is 4.74 Å². The second-order valence-corrected chi connectivity index (χ2v) is 5.79. The molecule has 0 atom stereocenters. The van der Waals surface area contributed by atoms with Crippen LogP contribution in [0.25, 0.3) is 0 Å². The molecule has 5 heteroatoms. The van der Waals surface area contributed by atoms with Gasteiger partial charge < -0.3 is 4.74 Å². The van der Waals surface area contributed by atoms with Crippen LogP contribution >= 0.6 is 11.6 Å². The van der Waals surface area contributed by atoms with Crippen molar-refractivity contribution in [1.29, 1.82) is 0 Å². The highest BCUT2D eigenvalue weighted by molar-refractivity contribution is 7.90. The van der Waals surface area contributed by atoms with Crippen molar-refractivity contribution in [3.05, 3.63) is 29.8 Å². The van der Waals surface area contributed by atoms with Gasteiger partial charge in [0.25, 0.3) is 0 Å². The fourth-order valence-electron chi connectivity index (χ4n) is 1.03. The number of hydrogen-bond acceptors (Lipinski definition) is 3. The highest BCUT2D eigenvalue weighted by Gasteiger charge is 2.02. The Morgan fingerprint density at radius 3 is 2.73 bits per heavy atom. The summed E-state index contributed by atoms with van der Waals surface area (Å²) in [5.74, 6) is 1.10. The van der Waals surface area contributed by atoms with Crippen LogP contribution in [0.4, 0.5) is 0 Å². The Hall–Kier alpha value is -0.740. The number of alkyl halides is 1. The fraction of sp³-hybridized carbons (Fsp3) is 0.400. The van der Waals surface area contributed by atoms with Crippen molar-refractivity contribution in [3.8, 4) is 5.75 Å². The molecule has 0 N–H and O–H groups in total. The molecule has 0 fully saturated rings. The third-order valence-electron chi connectivity index (χ3n) is 1.78. The molecule has 15 heavy (non-hydrogen) atoms. The summed E-state index contributed by atoms with van der Waals surface area (Å²) >= 11 is 5.65. The Kier molecular flexibility index (Phi) is 4.42. The van der Waals surface area contributed by atoms with Crippen LogP contribution in [0.1, 0.15) is 5.56 Å². The minimum absolute atomic E-state index is 0.0259. The van der Waals surface area contributed by atoms with Crippen LogP contribution in [0.2, 0.25) is 0 Å². The van der Waals surface area contributed by atoms with E-state index in [1.807, 2.05) is 12.1 Å². The molecule has 0 aliphatic rings. The summed E-state index contributed by atoms with van der Waals surface area (Å²) in [7, 11) is -2.96. The number of rotatable bonds is 5. The van der Waals surface area contributed by atoms with E-state index in [2.05, 4.69) is 0 Å². The molecule has 0 aromatic heterocycles. The molecule has 0 amide bonds. The highest BCUT2D eigenvalue weighted by atomic mass is 35.5. The monoisotopic (exact) mass is 248 g/mol. The molecule has 0 aliphatic heterocycles. The van der Waals surface area contributed by atoms with Gasteiger partial charge in [-0.05, 0) is 17.7 Å². The van der Waals surface area contributed by atoms with E-state index >= 15 is 0 Å². The first-order valence-electron chi connectivity index (χ1n) is 4.47. The van der Waals surface area contributed by atoms with E-state index in [0.717, 1.165) is 5.56 Å². The van der Waals surface area contributed by atoms with Crippen LogP contribution in [-0.4, -0.2) is 27.0 Å². The van der Waals surface area contributed by atoms with Crippen molar-refractivity contribution in [2.75, 3.05) is 18.6 Å². The largest absolute Gasteiger partial charge is 0.493 e. The fourth-order valence-corrected chi connectivity index (χ4v) is 1.58. The quantitative estimate of drug-likeness (QED) is 0.747. The van der Waals surface area contributed by atoms with Gasteiger partial charge in [0.05, 0.1) is 5.75 Å². The van der Waals surface area contributed by atoms with Gasteiger partial charge in [-0.1, -0.05) is 12.1 Å². The summed E-state index contributed by atoms with van der Waals surface area (Å²) < 4.78 is 27.0. The van der Waals surface area contributed by atoms with Crippen molar-refractivity contribution in [2.24, 2.45) is 0 Å². The normalized spacial score (nSPS) is 11.3. The lowest BCUT2D eigenvalue weighted by atomic mass is 10.2. The average Bonchev–Trinajstić information content (AvgIpc) is 2.16. The van der Waals surface area contributed by atoms with Crippen molar-refractivity contribution < 1.29 is 13.2 Å². The third-order valence-corrected chi connectivity index (χ3v) is 2.99. The van der Waals surface area contributed by atoms with Crippen molar-refractivity contribution in [3.63, 3.8) is 0 Å². The Morgan fingerprint density at radius 2 is 2.13 bits per heavy atom. The van der Waals surface area contributed by atoms with Gasteiger partial charge in [-0.3, -0.25) is 0 Å². The zero-order valence-corrected chi connectivity index (χ0v) is 10.0. The number of ether oxygens (including phenoxy) is 1. The first-order valence-corrected chi connectivity index (χ1v) is 7.06. The van der Waals surface area contributed by atoms with Gasteiger partial charge in [-0.25, -0.2) is 8.42 Å². The molecular formula is C10H13ClO3S. The molecule has 1 rings (SSSR count). The first kappa shape index (κ1) is 12.3. The van der Waals surface area contributed by atoms with Crippen LogP contribution in [-0.2, 0) is 15.7 Å². The molecule has 0 unspecified atom stereocenters. The van der Waals surface area contributed by atoms with Gasteiger partial charge in [-0.2, -0.15) is 0 Å². The van der Waals surface area contributed by atoms with Crippen molar-refractivity contribution in [1.82, 2.24) is 0 Å². The molecular weight excluding hydrogens is 236 g/mol. The summed E-state index contributed by atoms with van der Waals surface area (Å²) in [6.07, 6.45) is 1.19. The molecule has 84 valence electrons. The van der Waals surface area contributed by atoms with Crippen LogP contribution in [0.3, 0.4) is 0 Å². The second-order valence-electron chi connectivity index (χ2n) is 3.26. The topological polar surface area (TPSA) is 43.4 Å². The summed E-state index contributed by atoms with van der Waals surface area (Å²) in [5, 5.41) is 0. The minimum Gasteiger partial charge on any atom is -0.493 e. The summed E-state index contributed by atoms with van der Waals surface area (Å²) in [6, 6.07) is 7.29. The molecule has 0 saturated carbocycles. The lowest BCUT2D eigenvalue weighted by molar-refractivity contribution is 0.341. The van der Waals surface area contributed by atoms with Crippen molar-refractivity contribution in [2.45, 2.75) is 5.88 Å². The predicted molar refractivity (Wildman–Crippen MR) is 61.2 cm³/mol. The van der Waals surface area contributed by atoms with Gasteiger partial charge in [0.15, 0.2) is 9.84 Å². The van der Waals surface area contributed by atoms with Gasteiger partial charge in [-0.15, -0.1) is 11.6 Å². The van der Waals surface area contributed by atoms with Crippen LogP contribution in [0.15, 0.2) is 24.3 Å². The molecule has 0 radical (unpaired) electrons. The molecule has 3 nitrogen and oxygen atoms in total. The van der Waals surface area contributed by atoms with E-state index in [1.54, 1.807) is 12.1 Å². The Morgan fingerprint density at radius 1 is 1.40 bits per heavy atom. The predicted octanol–water partition coefficient (Wildman–Crippen LogP) is 1.85. The summed E-state index contributed by atoms with van der Waals surface area (Å²) in [5.41, 5.74) is 0.952. The Labute approximate surface area is 94.9 Å². The third kappa shape index (κ3) is 5.04. The first-order chi connectivity index (χ1) is 7.01. The number of halogens is 1. The molecule has 0 saturated heterocycles. The van der Waals surface area contributed by atoms with Gasteiger partial charge >= 0.3 is 0 Å². The van der Waals surface area contributed by atoms with E-state index in [1.165, 1.54) is 6.26 Å². The second kappa shape index (κ2) is 5.37. The molecule has 0 heterocycles. The lowest BCUT2D eigenvalue weighted by Gasteiger charge is -2.06. The summed E-state index contributed by atoms with van der Waals surface area (Å²) in [4.78, 5) is 0. The standard InChI is InChI=1S/C10H13ClO3S/c1-15(12,13)6-5-14-10-4-2-3-9(7-10)8-11/h2-4,7H,5-6,8H2,1H3. The smallest absolute Gasteiger partial charge is 0.150 e. The van der Waals surface area contributed by atoms with Gasteiger partial charge in [0.2, 0.25) is 0 Å². The maximum absolute atomic E-state index is 10.8. The maximum atomic E-state index is 10.8. The summed E-state index contributed by atoms with van der Waals surface area (Å²) in [6.45, 7) is 0.171. The average molecular weight is 249 g/mol. The van der Waals surface area contributed by atoms with Gasteiger partial charge in [0, 0.05) is 12.1 Å². The van der Waals surface area contributed by atoms with E-state index < -0.39 is 9.84 Å². The van der Waals surface area contributed by atoms with E-state index in [-0.39, 0.29) is 12.4 Å². The number of benzene rings is 1. The zero-order valence-electron chi connectivity index (χ0n) is 8.44. The molecule has 0 bridgehead atoms. The van der Waals surface area contributed by atoms with Gasteiger partial charge in [0.1, 0.15) is 12.4 Å². The van der Waals surface area contributed by atoms with Crippen LogP contribution in [0.5, 0.6) is 5.75 Å². The number of sulfone groups is 1. The molecule has 0 aliphatic carbocycles. The molecule has 1 aromatic carbocycles. The number of hydrogen-bond donors (Lipinski definition) is 0. The maximum Gasteiger partial charge on any atom is 0.150 e. The highest BCUT2D eigenvalue weighted by Crippen LogP contribution is 2.14. The minimum atomic E-state index is -2.96. The Bertz CT molecular complexity index is 414. The zero-order chi connectivity index (χ0) is 11.3. The van der Waals surface area contributed by atoms with Crippen molar-refractivity contribution >= 4 is 21.4 Å².